The predicted molar refractivity (Wildman–Crippen MR) is 146 cm³/mol. The minimum Gasteiger partial charge on any atom is -0.302 e. The van der Waals surface area contributed by atoms with E-state index in [0.717, 1.165) is 0 Å². The van der Waals surface area contributed by atoms with Crippen LogP contribution < -0.4 is 51.4 Å². The van der Waals surface area contributed by atoms with Crippen LogP contribution in [0.5, 0.6) is 0 Å². The van der Waals surface area contributed by atoms with E-state index in [4.69, 9.17) is 45.8 Å². The van der Waals surface area contributed by atoms with Crippen molar-refractivity contribution in [2.45, 2.75) is 113 Å². The number of alkyl halides is 2. The van der Waals surface area contributed by atoms with Crippen LogP contribution in [0, 0.1) is 0 Å². The molecule has 0 atom stereocenters. The van der Waals surface area contributed by atoms with Gasteiger partial charge in [0.25, 0.3) is 0 Å². The van der Waals surface area contributed by atoms with E-state index in [2.05, 4.69) is 14.9 Å². The molecule has 224 valence electrons. The van der Waals surface area contributed by atoms with E-state index in [1.165, 1.54) is 0 Å². The van der Waals surface area contributed by atoms with Crippen molar-refractivity contribution in [3.8, 4) is 0 Å². The summed E-state index contributed by atoms with van der Waals surface area (Å²) in [6.07, 6.45) is 0. The molecule has 0 amide bonds. The van der Waals surface area contributed by atoms with E-state index in [9.17, 15) is 22.4 Å². The third-order valence-electron chi connectivity index (χ3n) is 1.94. The molecule has 0 aromatic heterocycles. The summed E-state index contributed by atoms with van der Waals surface area (Å²) in [6.45, 7) is 20.8. The Morgan fingerprint density at radius 2 is 0.946 bits per heavy atom. The van der Waals surface area contributed by atoms with E-state index in [-0.39, 0.29) is 64.9 Å². The van der Waals surface area contributed by atoms with Crippen LogP contribution in [0.3, 0.4) is 0 Å². The maximum absolute atomic E-state index is 12.1. The standard InChI is InChI=1S/C9H20ClO4P.C8H19O4P.CH2Cl2O3S.CH4.K/c1-8(2,3)13-15(11,12-7-10)14-9(4,5)6;1-7(2,3)11-13(9,10)12-8(4,5)6;2-1-6-7(3,4)5;;/h7H2,1-6H3;1-6H3,(H,9,10);1H2;1H4;/q;;;;+1. The average molecular weight is 689 g/mol. The predicted octanol–water partition coefficient (Wildman–Crippen LogP) is 4.98. The van der Waals surface area contributed by atoms with Crippen LogP contribution in [0.25, 0.3) is 0 Å². The van der Waals surface area contributed by atoms with Crippen LogP contribution in [-0.4, -0.2) is 47.8 Å². The number of phosphoric acid groups is 2. The van der Waals surface area contributed by atoms with Gasteiger partial charge >= 0.3 is 76.4 Å². The molecule has 11 nitrogen and oxygen atoms in total. The van der Waals surface area contributed by atoms with Gasteiger partial charge in [-0.2, -0.15) is 8.42 Å². The van der Waals surface area contributed by atoms with Gasteiger partial charge in [0.2, 0.25) is 0 Å². The molecule has 0 bridgehead atoms. The van der Waals surface area contributed by atoms with Gasteiger partial charge < -0.3 is 4.89 Å². The Morgan fingerprint density at radius 3 is 1.08 bits per heavy atom. The van der Waals surface area contributed by atoms with Gasteiger partial charge in [-0.25, -0.2) is 13.3 Å². The zero-order chi connectivity index (χ0) is 29.2. The van der Waals surface area contributed by atoms with Crippen LogP contribution in [0.15, 0.2) is 0 Å². The van der Waals surface area contributed by atoms with Gasteiger partial charge in [0.15, 0.2) is 0 Å². The number of hydrogen-bond acceptors (Lipinski definition) is 10. The fourth-order valence-corrected chi connectivity index (χ4v) is 5.68. The Hall–Kier alpha value is 2.64. The molecule has 0 saturated heterocycles. The minimum absolute atomic E-state index is 0. The summed E-state index contributed by atoms with van der Waals surface area (Å²) in [5.74, 6) is 0. The van der Waals surface area contributed by atoms with Crippen molar-refractivity contribution in [3.05, 3.63) is 0 Å². The molecule has 0 aliphatic rings. The molecule has 0 unspecified atom stereocenters. The van der Waals surface area contributed by atoms with Gasteiger partial charge in [-0.15, -0.1) is 0 Å². The Bertz CT molecular complexity index is 764. The number of phosphoric ester groups is 2. The minimum atomic E-state index is -3.94. The molecule has 0 aliphatic heterocycles. The van der Waals surface area contributed by atoms with Crippen molar-refractivity contribution in [1.82, 2.24) is 0 Å². The maximum Gasteiger partial charge on any atom is 1.00 e. The molecule has 0 radical (unpaired) electrons. The Balaban J connectivity index is -0.000000143. The van der Waals surface area contributed by atoms with Crippen LogP contribution in [0.1, 0.15) is 90.5 Å². The maximum atomic E-state index is 12.1. The molecule has 0 fully saturated rings. The van der Waals surface area contributed by atoms with Gasteiger partial charge in [0.1, 0.15) is 12.1 Å². The molecular formula is C19H45Cl3KO11P2S+. The summed E-state index contributed by atoms with van der Waals surface area (Å²) in [5, 5.41) is 0. The van der Waals surface area contributed by atoms with E-state index >= 15 is 0 Å². The third-order valence-corrected chi connectivity index (χ3v) is 6.65. The monoisotopic (exact) mass is 687 g/mol. The Kier molecular flexibility index (Phi) is 26.3. The molecule has 37 heavy (non-hydrogen) atoms. The van der Waals surface area contributed by atoms with Crippen molar-refractivity contribution in [2.75, 3.05) is 12.1 Å². The molecule has 0 aliphatic carbocycles. The van der Waals surface area contributed by atoms with Crippen LogP contribution in [-0.2, 0) is 45.3 Å². The average Bonchev–Trinajstić information content (AvgIpc) is 2.36. The molecule has 18 heteroatoms. The summed E-state index contributed by atoms with van der Waals surface area (Å²) >= 11 is 10.2. The summed E-state index contributed by atoms with van der Waals surface area (Å²) in [7, 11) is -6.86. The molecule has 0 aromatic carbocycles. The molecule has 0 saturated carbocycles. The third kappa shape index (κ3) is 43.2. The van der Waals surface area contributed by atoms with Crippen LogP contribution in [0.4, 0.5) is 0 Å². The largest absolute Gasteiger partial charge is 1.00 e. The first-order valence-electron chi connectivity index (χ1n) is 10.1. The van der Waals surface area contributed by atoms with E-state index in [1.54, 1.807) is 83.1 Å². The van der Waals surface area contributed by atoms with E-state index < -0.39 is 53.4 Å². The van der Waals surface area contributed by atoms with Crippen molar-refractivity contribution >= 4 is 58.9 Å². The van der Waals surface area contributed by atoms with Crippen molar-refractivity contribution in [1.29, 1.82) is 0 Å². The fraction of sp³-hybridized carbons (Fsp3) is 1.00. The van der Waals surface area contributed by atoms with Gasteiger partial charge in [0, 0.05) is 10.7 Å². The quantitative estimate of drug-likeness (QED) is 0.160. The van der Waals surface area contributed by atoms with E-state index in [1.807, 2.05) is 0 Å². The van der Waals surface area contributed by atoms with Crippen molar-refractivity contribution < 1.29 is 101 Å². The first-order valence-corrected chi connectivity index (χ1v) is 16.3. The second-order valence-electron chi connectivity index (χ2n) is 10.6. The van der Waals surface area contributed by atoms with Crippen molar-refractivity contribution in [2.24, 2.45) is 0 Å². The summed E-state index contributed by atoms with van der Waals surface area (Å²) in [4.78, 5) is 9.30. The van der Waals surface area contributed by atoms with Gasteiger partial charge in [-0.1, -0.05) is 30.6 Å². The Morgan fingerprint density at radius 1 is 0.676 bits per heavy atom. The van der Waals surface area contributed by atoms with Gasteiger partial charge in [-0.05, 0) is 83.1 Å². The molecule has 0 spiro atoms. The topological polar surface area (TPSA) is 144 Å². The first-order chi connectivity index (χ1) is 14.9. The molecular weight excluding hydrogens is 644 g/mol. The van der Waals surface area contributed by atoms with Crippen LogP contribution >= 0.6 is 49.5 Å². The first kappa shape index (κ1) is 49.3. The summed E-state index contributed by atoms with van der Waals surface area (Å²) in [5.41, 5.74) is -2.61. The molecule has 1 N–H and O–H groups in total. The SMILES string of the molecule is C.CC(C)(C)OP(=O)(O)OC(C)(C)C.CC(C)(C)OP(=O)(OCCl)OC(C)(C)C.O=S(=O)(Cl)OCCl.[K+]. The zero-order valence-corrected chi connectivity index (χ0v) is 31.4. The normalized spacial score (nSPS) is 13.2. The number of rotatable bonds is 8. The van der Waals surface area contributed by atoms with Crippen molar-refractivity contribution in [3.63, 3.8) is 0 Å². The number of hydrogen-bond donors (Lipinski definition) is 1. The number of halogens is 3. The molecule has 0 heterocycles. The fourth-order valence-electron chi connectivity index (χ4n) is 1.57. The second-order valence-corrected chi connectivity index (χ2v) is 16.0. The van der Waals surface area contributed by atoms with Gasteiger partial charge in [0.05, 0.1) is 22.4 Å². The summed E-state index contributed by atoms with van der Waals surface area (Å²) in [6, 6.07) is -0.671. The molecule has 0 rings (SSSR count). The Labute approximate surface area is 281 Å². The van der Waals surface area contributed by atoms with Crippen LogP contribution in [0.2, 0.25) is 0 Å². The second kappa shape index (κ2) is 19.8. The van der Waals surface area contributed by atoms with Gasteiger partial charge in [-0.3, -0.25) is 22.6 Å². The zero-order valence-electron chi connectivity index (χ0n) is 23.4. The van der Waals surface area contributed by atoms with E-state index in [0.29, 0.717) is 0 Å². The molecule has 0 aromatic rings. The summed E-state index contributed by atoms with van der Waals surface area (Å²) < 4.78 is 71.7. The smallest absolute Gasteiger partial charge is 0.302 e.